The highest BCUT2D eigenvalue weighted by Gasteiger charge is 2.14. The lowest BCUT2D eigenvalue weighted by atomic mass is 9.91. The van der Waals surface area contributed by atoms with Crippen molar-refractivity contribution in [1.29, 1.82) is 0 Å². The molecule has 3 rings (SSSR count). The predicted octanol–water partition coefficient (Wildman–Crippen LogP) is 4.24. The van der Waals surface area contributed by atoms with Gasteiger partial charge in [-0.1, -0.05) is 23.7 Å². The molecule has 0 heterocycles. The summed E-state index contributed by atoms with van der Waals surface area (Å²) >= 11 is 6.06. The minimum atomic E-state index is -0.218. The van der Waals surface area contributed by atoms with Crippen LogP contribution in [0.5, 0.6) is 11.5 Å². The number of benzene rings is 2. The summed E-state index contributed by atoms with van der Waals surface area (Å²) in [5, 5.41) is 3.23. The summed E-state index contributed by atoms with van der Waals surface area (Å²) < 4.78 is 10.8. The summed E-state index contributed by atoms with van der Waals surface area (Å²) in [6.07, 6.45) is 4.49. The number of ether oxygens (including phenoxy) is 2. The monoisotopic (exact) mass is 345 g/mol. The number of aryl methyl sites for hydroxylation is 1. The number of halogens is 1. The average molecular weight is 346 g/mol. The van der Waals surface area contributed by atoms with Crippen LogP contribution in [0.4, 0.5) is 5.69 Å². The number of anilines is 1. The fraction of sp³-hybridized carbons (Fsp3) is 0.316. The van der Waals surface area contributed by atoms with Gasteiger partial charge in [-0.05, 0) is 61.1 Å². The lowest BCUT2D eigenvalue weighted by Crippen LogP contribution is -2.21. The van der Waals surface area contributed by atoms with Crippen LogP contribution in [-0.4, -0.2) is 19.6 Å². The van der Waals surface area contributed by atoms with Crippen molar-refractivity contribution in [1.82, 2.24) is 0 Å². The second-order valence-corrected chi connectivity index (χ2v) is 6.19. The Morgan fingerprint density at radius 3 is 2.79 bits per heavy atom. The Bertz CT molecular complexity index is 745. The molecular weight excluding hydrogens is 326 g/mol. The zero-order valence-electron chi connectivity index (χ0n) is 13.6. The predicted molar refractivity (Wildman–Crippen MR) is 95.2 cm³/mol. The maximum atomic E-state index is 12.1. The lowest BCUT2D eigenvalue weighted by Gasteiger charge is -2.19. The summed E-state index contributed by atoms with van der Waals surface area (Å²) in [5.74, 6) is 1.17. The topological polar surface area (TPSA) is 47.6 Å². The maximum Gasteiger partial charge on any atom is 0.262 e. The van der Waals surface area contributed by atoms with Crippen LogP contribution in [0.15, 0.2) is 36.4 Å². The van der Waals surface area contributed by atoms with Crippen molar-refractivity contribution in [2.75, 3.05) is 19.0 Å². The van der Waals surface area contributed by atoms with E-state index in [4.69, 9.17) is 21.1 Å². The van der Waals surface area contributed by atoms with E-state index in [0.717, 1.165) is 18.6 Å². The smallest absolute Gasteiger partial charge is 0.262 e. The molecule has 5 heteroatoms. The van der Waals surface area contributed by atoms with Crippen LogP contribution in [0.3, 0.4) is 0 Å². The third-order valence-corrected chi connectivity index (χ3v) is 4.44. The van der Waals surface area contributed by atoms with Crippen molar-refractivity contribution in [3.8, 4) is 11.5 Å². The van der Waals surface area contributed by atoms with E-state index >= 15 is 0 Å². The zero-order chi connectivity index (χ0) is 16.9. The zero-order valence-corrected chi connectivity index (χ0v) is 14.4. The molecule has 4 nitrogen and oxygen atoms in total. The number of rotatable bonds is 5. The molecule has 0 radical (unpaired) electrons. The molecule has 0 unspecified atom stereocenters. The van der Waals surface area contributed by atoms with E-state index in [1.54, 1.807) is 25.3 Å². The minimum Gasteiger partial charge on any atom is -0.495 e. The van der Waals surface area contributed by atoms with Gasteiger partial charge in [0, 0.05) is 5.69 Å². The van der Waals surface area contributed by atoms with Crippen LogP contribution in [0, 0.1) is 0 Å². The van der Waals surface area contributed by atoms with Gasteiger partial charge < -0.3 is 14.8 Å². The standard InChI is InChI=1S/C19H20ClNO3/c1-23-18-10-9-14(11-16(18)20)21-19(22)12-24-17-8-4-6-13-5-2-3-7-15(13)17/h4,6,8-11H,2-3,5,7,12H2,1H3,(H,21,22). The van der Waals surface area contributed by atoms with Crippen molar-refractivity contribution in [2.24, 2.45) is 0 Å². The number of carbonyl (C=O) groups excluding carboxylic acids is 1. The van der Waals surface area contributed by atoms with E-state index in [1.807, 2.05) is 12.1 Å². The minimum absolute atomic E-state index is 0.0277. The molecule has 24 heavy (non-hydrogen) atoms. The summed E-state index contributed by atoms with van der Waals surface area (Å²) in [4.78, 5) is 12.1. The molecule has 0 aliphatic heterocycles. The van der Waals surface area contributed by atoms with Crippen LogP contribution < -0.4 is 14.8 Å². The van der Waals surface area contributed by atoms with E-state index in [9.17, 15) is 4.79 Å². The molecule has 1 amide bonds. The maximum absolute atomic E-state index is 12.1. The van der Waals surface area contributed by atoms with Gasteiger partial charge in [-0.15, -0.1) is 0 Å². The average Bonchev–Trinajstić information content (AvgIpc) is 2.60. The third-order valence-electron chi connectivity index (χ3n) is 4.15. The van der Waals surface area contributed by atoms with Crippen molar-refractivity contribution >= 4 is 23.2 Å². The van der Waals surface area contributed by atoms with E-state index in [0.29, 0.717) is 16.5 Å². The number of hydrogen-bond acceptors (Lipinski definition) is 3. The first-order valence-electron chi connectivity index (χ1n) is 8.04. The SMILES string of the molecule is COc1ccc(NC(=O)COc2cccc3c2CCCC3)cc1Cl. The Morgan fingerprint density at radius 1 is 1.17 bits per heavy atom. The highest BCUT2D eigenvalue weighted by atomic mass is 35.5. The number of fused-ring (bicyclic) bond motifs is 1. The first kappa shape index (κ1) is 16.7. The molecule has 1 aliphatic rings. The fourth-order valence-corrected chi connectivity index (χ4v) is 3.22. The molecule has 1 aliphatic carbocycles. The Balaban J connectivity index is 1.61. The molecule has 0 atom stereocenters. The second kappa shape index (κ2) is 7.58. The number of amides is 1. The van der Waals surface area contributed by atoms with Gasteiger partial charge in [-0.2, -0.15) is 0 Å². The van der Waals surface area contributed by atoms with E-state index in [2.05, 4.69) is 11.4 Å². The Labute approximate surface area is 146 Å². The number of hydrogen-bond donors (Lipinski definition) is 1. The number of methoxy groups -OCH3 is 1. The largest absolute Gasteiger partial charge is 0.495 e. The molecular formula is C19H20ClNO3. The van der Waals surface area contributed by atoms with Gasteiger partial charge in [0.25, 0.3) is 5.91 Å². The molecule has 2 aromatic rings. The quantitative estimate of drug-likeness (QED) is 0.881. The van der Waals surface area contributed by atoms with Crippen LogP contribution in [-0.2, 0) is 17.6 Å². The van der Waals surface area contributed by atoms with Crippen molar-refractivity contribution < 1.29 is 14.3 Å². The highest BCUT2D eigenvalue weighted by Crippen LogP contribution is 2.30. The molecule has 0 bridgehead atoms. The molecule has 0 fully saturated rings. The number of nitrogens with one attached hydrogen (secondary N) is 1. The summed E-state index contributed by atoms with van der Waals surface area (Å²) in [6.45, 7) is -0.0277. The van der Waals surface area contributed by atoms with Crippen molar-refractivity contribution in [3.63, 3.8) is 0 Å². The summed E-state index contributed by atoms with van der Waals surface area (Å²) in [6, 6.07) is 11.2. The first-order valence-corrected chi connectivity index (χ1v) is 8.42. The lowest BCUT2D eigenvalue weighted by molar-refractivity contribution is -0.118. The molecule has 2 aromatic carbocycles. The highest BCUT2D eigenvalue weighted by molar-refractivity contribution is 6.32. The molecule has 0 spiro atoms. The molecule has 126 valence electrons. The van der Waals surface area contributed by atoms with E-state index < -0.39 is 0 Å². The molecule has 1 N–H and O–H groups in total. The van der Waals surface area contributed by atoms with Crippen molar-refractivity contribution in [3.05, 3.63) is 52.5 Å². The van der Waals surface area contributed by atoms with Gasteiger partial charge in [0.05, 0.1) is 12.1 Å². The van der Waals surface area contributed by atoms with Crippen LogP contribution >= 0.6 is 11.6 Å². The van der Waals surface area contributed by atoms with E-state index in [-0.39, 0.29) is 12.5 Å². The van der Waals surface area contributed by atoms with E-state index in [1.165, 1.54) is 24.0 Å². The molecule has 0 saturated carbocycles. The number of carbonyl (C=O) groups is 1. The van der Waals surface area contributed by atoms with Crippen molar-refractivity contribution in [2.45, 2.75) is 25.7 Å². The summed E-state index contributed by atoms with van der Waals surface area (Å²) in [5.41, 5.74) is 3.19. The van der Waals surface area contributed by atoms with Gasteiger partial charge in [0.15, 0.2) is 6.61 Å². The fourth-order valence-electron chi connectivity index (χ4n) is 2.97. The molecule has 0 saturated heterocycles. The first-order chi connectivity index (χ1) is 11.7. The van der Waals surface area contributed by atoms with Crippen LogP contribution in [0.1, 0.15) is 24.0 Å². The Hall–Kier alpha value is -2.20. The van der Waals surface area contributed by atoms with Gasteiger partial charge in [-0.3, -0.25) is 4.79 Å². The Kier molecular flexibility index (Phi) is 5.26. The second-order valence-electron chi connectivity index (χ2n) is 5.79. The third kappa shape index (κ3) is 3.82. The van der Waals surface area contributed by atoms with Crippen LogP contribution in [0.25, 0.3) is 0 Å². The summed E-state index contributed by atoms with van der Waals surface area (Å²) in [7, 11) is 1.55. The Morgan fingerprint density at radius 2 is 2.00 bits per heavy atom. The van der Waals surface area contributed by atoms with Gasteiger partial charge in [0.1, 0.15) is 11.5 Å². The normalized spacial score (nSPS) is 13.1. The van der Waals surface area contributed by atoms with Crippen LogP contribution in [0.2, 0.25) is 5.02 Å². The van der Waals surface area contributed by atoms with Gasteiger partial charge in [-0.25, -0.2) is 0 Å². The van der Waals surface area contributed by atoms with Gasteiger partial charge in [0.2, 0.25) is 0 Å². The molecule has 0 aromatic heterocycles. The van der Waals surface area contributed by atoms with Gasteiger partial charge >= 0.3 is 0 Å².